The molecule has 1 unspecified atom stereocenters. The minimum Gasteiger partial charge on any atom is -0.506 e. The molecule has 0 spiro atoms. The van der Waals surface area contributed by atoms with Crippen LogP contribution < -0.4 is 26.3 Å². The van der Waals surface area contributed by atoms with E-state index >= 15 is 0 Å². The Morgan fingerprint density at radius 1 is 0.875 bits per heavy atom. The van der Waals surface area contributed by atoms with Gasteiger partial charge in [-0.05, 0) is 53.1 Å². The van der Waals surface area contributed by atoms with Crippen LogP contribution in [-0.2, 0) is 28.6 Å². The molecule has 56 heavy (non-hydrogen) atoms. The van der Waals surface area contributed by atoms with Crippen molar-refractivity contribution in [1.82, 2.24) is 4.98 Å². The number of rotatable bonds is 11. The largest absolute Gasteiger partial charge is 0.506 e. The molecule has 0 bridgehead atoms. The third-order valence-electron chi connectivity index (χ3n) is 10.4. The van der Waals surface area contributed by atoms with Gasteiger partial charge in [0.1, 0.15) is 28.0 Å². The van der Waals surface area contributed by atoms with Crippen molar-refractivity contribution in [3.63, 3.8) is 0 Å². The predicted molar refractivity (Wildman–Crippen MR) is 214 cm³/mol. The van der Waals surface area contributed by atoms with E-state index in [0.29, 0.717) is 16.6 Å². The predicted octanol–water partition coefficient (Wildman–Crippen LogP) is 6.16. The SMILES string of the molecule is CCC(C)(C)C1=CCC(Oc2cc(Nc3ccc(S(=O)(=O)OC)cc3)c3c4c2nc(=O)/c(=C(\O)c2ccccc2)c=4c2ccccc2c3=O)C(S(=O)(=O)OC)=C1. The maximum atomic E-state index is 14.6. The lowest BCUT2D eigenvalue weighted by atomic mass is 9.79. The number of aromatic nitrogens is 1. The van der Waals surface area contributed by atoms with E-state index < -0.39 is 37.3 Å². The third kappa shape index (κ3) is 6.68. The highest BCUT2D eigenvalue weighted by Gasteiger charge is 2.35. The molecule has 0 saturated carbocycles. The number of aliphatic hydroxyl groups excluding tert-OH is 1. The zero-order valence-electron chi connectivity index (χ0n) is 31.1. The molecular formula is C42H38N2O10S2. The Kier molecular flexibility index (Phi) is 9.95. The van der Waals surface area contributed by atoms with Crippen molar-refractivity contribution in [2.45, 2.75) is 44.6 Å². The molecule has 3 aliphatic rings. The topological polar surface area (TPSA) is 175 Å². The van der Waals surface area contributed by atoms with Gasteiger partial charge < -0.3 is 15.2 Å². The molecule has 1 atom stereocenters. The van der Waals surface area contributed by atoms with Crippen LogP contribution in [0.5, 0.6) is 5.75 Å². The number of ether oxygens (including phenoxy) is 1. The first-order chi connectivity index (χ1) is 26.6. The quantitative estimate of drug-likeness (QED) is 0.143. The summed E-state index contributed by atoms with van der Waals surface area (Å²) in [5.74, 6) is -0.388. The number of fused-ring (bicyclic) bond motifs is 2. The number of nitrogens with one attached hydrogen (secondary N) is 1. The molecule has 0 saturated heterocycles. The maximum Gasteiger partial charge on any atom is 0.296 e. The van der Waals surface area contributed by atoms with Gasteiger partial charge in [0.05, 0.1) is 35.4 Å². The fourth-order valence-corrected chi connectivity index (χ4v) is 8.55. The van der Waals surface area contributed by atoms with Gasteiger partial charge in [0.2, 0.25) is 0 Å². The normalized spacial score (nSPS) is 15.8. The Morgan fingerprint density at radius 2 is 1.52 bits per heavy atom. The highest BCUT2D eigenvalue weighted by molar-refractivity contribution is 7.90. The van der Waals surface area contributed by atoms with Crippen LogP contribution in [0.25, 0.3) is 27.4 Å². The fourth-order valence-electron chi connectivity index (χ4n) is 6.96. The number of anilines is 2. The molecule has 0 radical (unpaired) electrons. The van der Waals surface area contributed by atoms with Crippen molar-refractivity contribution in [2.75, 3.05) is 19.5 Å². The van der Waals surface area contributed by atoms with E-state index in [1.165, 1.54) is 30.3 Å². The summed E-state index contributed by atoms with van der Waals surface area (Å²) in [6, 6.07) is 22.3. The standard InChI is InChI=1S/C42H38N2O10S2/c1-6-42(2,3)25-16-21-31(33(22-25)56(50,51)53-5)54-32-23-30(43-26-17-19-27(20-18-26)55(48,49)52-4)35-36-34(28-14-10-11-15-29(28)40(35)46)37(41(47)44-38(32)36)39(45)24-12-8-7-9-13-24/h7-20,22-23,31,43,45H,6,21H2,1-5H3/b39-37-. The van der Waals surface area contributed by atoms with E-state index in [2.05, 4.69) is 14.5 Å². The number of hydrogen-bond acceptors (Lipinski definition) is 12. The van der Waals surface area contributed by atoms with Crippen LogP contribution in [0.2, 0.25) is 0 Å². The molecule has 4 aromatic rings. The van der Waals surface area contributed by atoms with E-state index in [1.54, 1.807) is 60.7 Å². The Bertz CT molecular complexity index is 3060. The molecule has 12 nitrogen and oxygen atoms in total. The minimum absolute atomic E-state index is 0.0302. The number of aliphatic hydroxyl groups is 1. The smallest absolute Gasteiger partial charge is 0.296 e. The molecule has 2 aliphatic carbocycles. The van der Waals surface area contributed by atoms with Crippen molar-refractivity contribution in [3.05, 3.63) is 149 Å². The lowest BCUT2D eigenvalue weighted by Gasteiger charge is -2.31. The fraction of sp³-hybridized carbons (Fsp3) is 0.214. The number of benzene rings is 4. The van der Waals surface area contributed by atoms with E-state index in [-0.39, 0.29) is 70.8 Å². The monoisotopic (exact) mass is 794 g/mol. The second kappa shape index (κ2) is 14.4. The molecule has 1 heterocycles. The number of allylic oxidation sites excluding steroid dienone is 2. The van der Waals surface area contributed by atoms with E-state index in [1.807, 2.05) is 26.8 Å². The van der Waals surface area contributed by atoms with Gasteiger partial charge in [0, 0.05) is 39.6 Å². The summed E-state index contributed by atoms with van der Waals surface area (Å²) in [5, 5.41) is 16.0. The Morgan fingerprint density at radius 3 is 2.16 bits per heavy atom. The molecule has 0 fully saturated rings. The van der Waals surface area contributed by atoms with E-state index in [9.17, 15) is 31.5 Å². The summed E-state index contributed by atoms with van der Waals surface area (Å²) in [7, 11) is -6.17. The zero-order chi connectivity index (χ0) is 40.2. The van der Waals surface area contributed by atoms with Crippen LogP contribution in [0.1, 0.15) is 39.2 Å². The Balaban J connectivity index is 1.58. The first kappa shape index (κ1) is 38.6. The zero-order valence-corrected chi connectivity index (χ0v) is 32.7. The second-order valence-corrected chi connectivity index (χ2v) is 17.4. The van der Waals surface area contributed by atoms with Crippen LogP contribution in [0.3, 0.4) is 0 Å². The van der Waals surface area contributed by atoms with E-state index in [0.717, 1.165) is 26.2 Å². The minimum atomic E-state index is -4.29. The summed E-state index contributed by atoms with van der Waals surface area (Å²) in [6.07, 6.45) is 3.17. The van der Waals surface area contributed by atoms with Crippen LogP contribution in [0, 0.1) is 15.9 Å². The third-order valence-corrected chi connectivity index (χ3v) is 13.1. The molecule has 0 aromatic heterocycles. The number of hydrogen-bond donors (Lipinski definition) is 2. The number of nitrogens with zero attached hydrogens (tertiary/aromatic N) is 1. The van der Waals surface area contributed by atoms with Gasteiger partial charge in [-0.15, -0.1) is 0 Å². The van der Waals surface area contributed by atoms with Crippen molar-refractivity contribution >= 4 is 59.0 Å². The molecule has 4 aromatic carbocycles. The lowest BCUT2D eigenvalue weighted by molar-refractivity contribution is 0.242. The van der Waals surface area contributed by atoms with Gasteiger partial charge in [-0.2, -0.15) is 16.8 Å². The van der Waals surface area contributed by atoms with Crippen molar-refractivity contribution in [3.8, 4) is 5.75 Å². The molecular weight excluding hydrogens is 757 g/mol. The molecule has 288 valence electrons. The van der Waals surface area contributed by atoms with Gasteiger partial charge >= 0.3 is 0 Å². The lowest BCUT2D eigenvalue weighted by Crippen LogP contribution is -2.33. The highest BCUT2D eigenvalue weighted by atomic mass is 32.2. The molecule has 14 heteroatoms. The average Bonchev–Trinajstić information content (AvgIpc) is 3.20. The summed E-state index contributed by atoms with van der Waals surface area (Å²) in [6.45, 7) is 6.01. The highest BCUT2D eigenvalue weighted by Crippen LogP contribution is 2.40. The van der Waals surface area contributed by atoms with Gasteiger partial charge in [0.15, 0.2) is 5.43 Å². The maximum absolute atomic E-state index is 14.6. The van der Waals surface area contributed by atoms with Crippen LogP contribution in [0.4, 0.5) is 11.4 Å². The molecule has 0 amide bonds. The summed E-state index contributed by atoms with van der Waals surface area (Å²) >= 11 is 0. The Labute approximate surface area is 322 Å². The van der Waals surface area contributed by atoms with Gasteiger partial charge in [-0.3, -0.25) is 18.0 Å². The van der Waals surface area contributed by atoms with Crippen LogP contribution in [-0.4, -0.2) is 47.2 Å². The van der Waals surface area contributed by atoms with Gasteiger partial charge in [-0.25, -0.2) is 4.98 Å². The Hall–Kier alpha value is -5.67. The van der Waals surface area contributed by atoms with Crippen molar-refractivity contribution in [1.29, 1.82) is 0 Å². The molecule has 2 N–H and O–H groups in total. The molecule has 7 rings (SSSR count). The van der Waals surface area contributed by atoms with Gasteiger partial charge in [0.25, 0.3) is 25.8 Å². The van der Waals surface area contributed by atoms with Gasteiger partial charge in [-0.1, -0.05) is 81.4 Å². The first-order valence-corrected chi connectivity index (χ1v) is 20.5. The van der Waals surface area contributed by atoms with Crippen molar-refractivity contribution in [2.24, 2.45) is 5.41 Å². The summed E-state index contributed by atoms with van der Waals surface area (Å²) in [4.78, 5) is 33.0. The van der Waals surface area contributed by atoms with Crippen molar-refractivity contribution < 1.29 is 35.0 Å². The average molecular weight is 795 g/mol. The van der Waals surface area contributed by atoms with Crippen LogP contribution >= 0.6 is 0 Å². The summed E-state index contributed by atoms with van der Waals surface area (Å²) < 4.78 is 67.8. The second-order valence-electron chi connectivity index (χ2n) is 14.0. The molecule has 1 aliphatic heterocycles. The summed E-state index contributed by atoms with van der Waals surface area (Å²) in [5.41, 5.74) is 0.0531. The first-order valence-electron chi connectivity index (χ1n) is 17.7. The van der Waals surface area contributed by atoms with E-state index in [4.69, 9.17) is 8.92 Å². The van der Waals surface area contributed by atoms with Crippen LogP contribution in [0.15, 0.2) is 122 Å².